The zero-order valence-electron chi connectivity index (χ0n) is 19.8. The minimum absolute atomic E-state index is 0.0277. The van der Waals surface area contributed by atoms with Gasteiger partial charge in [-0.1, -0.05) is 26.0 Å². The molecule has 0 aliphatic carbocycles. The number of hydrogen-bond acceptors (Lipinski definition) is 8. The van der Waals surface area contributed by atoms with Gasteiger partial charge in [0.05, 0.1) is 12.2 Å². The van der Waals surface area contributed by atoms with E-state index in [0.29, 0.717) is 31.2 Å². The molecule has 1 saturated heterocycles. The van der Waals surface area contributed by atoms with Gasteiger partial charge in [-0.15, -0.1) is 12.3 Å². The van der Waals surface area contributed by atoms with Crippen LogP contribution in [0.1, 0.15) is 45.1 Å². The molecule has 1 aromatic carbocycles. The van der Waals surface area contributed by atoms with Crippen molar-refractivity contribution in [2.75, 3.05) is 18.4 Å². The second kappa shape index (κ2) is 16.5. The summed E-state index contributed by atoms with van der Waals surface area (Å²) < 4.78 is 5.76. The molecule has 1 aliphatic heterocycles. The molecule has 1 heterocycles. The molecule has 2 rings (SSSR count). The number of benzene rings is 1. The zero-order valence-corrected chi connectivity index (χ0v) is 19.8. The number of amides is 2. The van der Waals surface area contributed by atoms with Crippen LogP contribution in [0.4, 0.5) is 10.5 Å². The number of carbonyl (C=O) groups excluding carboxylic acids is 1. The Labute approximate surface area is 202 Å². The van der Waals surface area contributed by atoms with E-state index in [2.05, 4.69) is 16.6 Å². The van der Waals surface area contributed by atoms with Crippen LogP contribution in [-0.2, 0) is 11.2 Å². The van der Waals surface area contributed by atoms with Gasteiger partial charge < -0.3 is 40.9 Å². The summed E-state index contributed by atoms with van der Waals surface area (Å²) >= 11 is 0. The van der Waals surface area contributed by atoms with Gasteiger partial charge in [-0.25, -0.2) is 9.77 Å². The van der Waals surface area contributed by atoms with E-state index in [-0.39, 0.29) is 25.4 Å². The van der Waals surface area contributed by atoms with Crippen molar-refractivity contribution in [3.8, 4) is 12.3 Å². The molecule has 5 atom stereocenters. The number of anilines is 1. The van der Waals surface area contributed by atoms with Crippen molar-refractivity contribution in [3.63, 3.8) is 0 Å². The minimum Gasteiger partial charge on any atom is -0.439 e. The third kappa shape index (κ3) is 9.99. The molecule has 3 unspecified atom stereocenters. The number of aliphatic hydroxyl groups is 3. The molecule has 11 heteroatoms. The highest BCUT2D eigenvalue weighted by atomic mass is 16.5. The maximum atomic E-state index is 11.9. The predicted octanol–water partition coefficient (Wildman–Crippen LogP) is 0.638. The number of hydrogen-bond donors (Lipinski definition) is 7. The summed E-state index contributed by atoms with van der Waals surface area (Å²) in [7, 11) is 0.479. The standard InChI is InChI=1S/C21H31BN3O7.C2H6/c1-2-3-4-5-11-23-21(29)24-15-8-6-14(7-9-15)13-17-19(27)20(28)18(26)16(32-17)10-12-25(31)22-30;1-2/h1,6-9,16-20,26-28,30-31H,3-5,10-13H2,(H2,23,24,29);1-2H3/t16?,17-,18-,19?,20?;/m1./s1. The molecule has 0 spiro atoms. The fraction of sp³-hybridized carbons (Fsp3) is 0.609. The number of rotatable bonds is 11. The Kier molecular flexibility index (Phi) is 14.5. The average molecular weight is 478 g/mol. The Bertz CT molecular complexity index is 747. The summed E-state index contributed by atoms with van der Waals surface area (Å²) in [5.41, 5.74) is 1.39. The van der Waals surface area contributed by atoms with Crippen LogP contribution < -0.4 is 10.6 Å². The van der Waals surface area contributed by atoms with Crippen molar-refractivity contribution < 1.29 is 35.1 Å². The van der Waals surface area contributed by atoms with E-state index in [1.807, 2.05) is 13.8 Å². The van der Waals surface area contributed by atoms with Gasteiger partial charge in [-0.3, -0.25) is 0 Å². The fourth-order valence-corrected chi connectivity index (χ4v) is 3.44. The van der Waals surface area contributed by atoms with Gasteiger partial charge in [0, 0.05) is 31.6 Å². The van der Waals surface area contributed by atoms with Gasteiger partial charge >= 0.3 is 13.6 Å². The molecule has 189 valence electrons. The number of unbranched alkanes of at least 4 members (excludes halogenated alkanes) is 2. The van der Waals surface area contributed by atoms with E-state index >= 15 is 0 Å². The van der Waals surface area contributed by atoms with Gasteiger partial charge in [0.15, 0.2) is 0 Å². The van der Waals surface area contributed by atoms with Crippen molar-refractivity contribution in [3.05, 3.63) is 29.8 Å². The van der Waals surface area contributed by atoms with Gasteiger partial charge in [0.2, 0.25) is 0 Å². The maximum absolute atomic E-state index is 11.9. The van der Waals surface area contributed by atoms with E-state index in [9.17, 15) is 25.3 Å². The van der Waals surface area contributed by atoms with Crippen LogP contribution in [0.5, 0.6) is 0 Å². The highest BCUT2D eigenvalue weighted by molar-refractivity contribution is 6.20. The number of carbonyl (C=O) groups is 1. The van der Waals surface area contributed by atoms with Crippen LogP contribution in [0.2, 0.25) is 0 Å². The first-order valence-electron chi connectivity index (χ1n) is 11.6. The monoisotopic (exact) mass is 478 g/mol. The Morgan fingerprint density at radius 2 is 1.76 bits per heavy atom. The van der Waals surface area contributed by atoms with Crippen LogP contribution in [0.15, 0.2) is 24.3 Å². The van der Waals surface area contributed by atoms with E-state index in [1.165, 1.54) is 0 Å². The smallest absolute Gasteiger partial charge is 0.422 e. The second-order valence-corrected chi connectivity index (χ2v) is 7.70. The molecule has 2 amide bonds. The first kappa shape index (κ1) is 29.9. The van der Waals surface area contributed by atoms with Crippen LogP contribution in [0, 0.1) is 12.3 Å². The molecule has 1 aliphatic rings. The molecular weight excluding hydrogens is 441 g/mol. The van der Waals surface area contributed by atoms with Crippen molar-refractivity contribution in [1.29, 1.82) is 0 Å². The first-order chi connectivity index (χ1) is 16.3. The maximum Gasteiger partial charge on any atom is 0.422 e. The number of nitrogens with one attached hydrogen (secondary N) is 2. The molecule has 0 aromatic heterocycles. The van der Waals surface area contributed by atoms with Crippen LogP contribution in [0.25, 0.3) is 0 Å². The third-order valence-electron chi connectivity index (χ3n) is 5.27. The normalized spacial score (nSPS) is 23.9. The lowest BCUT2D eigenvalue weighted by Crippen LogP contribution is -2.58. The Morgan fingerprint density at radius 1 is 1.12 bits per heavy atom. The Morgan fingerprint density at radius 3 is 2.38 bits per heavy atom. The number of hydroxylamine groups is 1. The van der Waals surface area contributed by atoms with Gasteiger partial charge in [0.1, 0.15) is 18.3 Å². The van der Waals surface area contributed by atoms with Gasteiger partial charge in [0.25, 0.3) is 0 Å². The zero-order chi connectivity index (χ0) is 25.5. The Hall–Kier alpha value is -2.17. The summed E-state index contributed by atoms with van der Waals surface area (Å²) in [5.74, 6) is 2.55. The fourth-order valence-electron chi connectivity index (χ4n) is 3.44. The lowest BCUT2D eigenvalue weighted by molar-refractivity contribution is -0.224. The highest BCUT2D eigenvalue weighted by Crippen LogP contribution is 2.26. The summed E-state index contributed by atoms with van der Waals surface area (Å²) in [6.07, 6.45) is 2.25. The van der Waals surface area contributed by atoms with Crippen LogP contribution in [0.3, 0.4) is 0 Å². The minimum atomic E-state index is -1.41. The van der Waals surface area contributed by atoms with E-state index < -0.39 is 30.5 Å². The van der Waals surface area contributed by atoms with Crippen molar-refractivity contribution in [1.82, 2.24) is 10.3 Å². The average Bonchev–Trinajstić information content (AvgIpc) is 2.85. The van der Waals surface area contributed by atoms with Crippen molar-refractivity contribution in [2.45, 2.75) is 76.5 Å². The van der Waals surface area contributed by atoms with E-state index in [4.69, 9.17) is 16.2 Å². The molecule has 7 N–H and O–H groups in total. The van der Waals surface area contributed by atoms with Crippen molar-refractivity contribution >= 4 is 19.3 Å². The highest BCUT2D eigenvalue weighted by Gasteiger charge is 2.43. The van der Waals surface area contributed by atoms with Crippen LogP contribution >= 0.6 is 0 Å². The molecule has 10 nitrogen and oxygen atoms in total. The SMILES string of the molecule is C#CCCCCNC(=O)Nc1ccc(C[C@H]2OC(CCN(O)[B]O)[C@@H](O)C(O)C2O)cc1.CC. The second-order valence-electron chi connectivity index (χ2n) is 7.70. The van der Waals surface area contributed by atoms with Gasteiger partial charge in [-0.2, -0.15) is 0 Å². The molecule has 1 aromatic rings. The van der Waals surface area contributed by atoms with E-state index in [0.717, 1.165) is 18.4 Å². The molecule has 1 radical (unpaired) electrons. The summed E-state index contributed by atoms with van der Waals surface area (Å²) in [4.78, 5) is 12.4. The predicted molar refractivity (Wildman–Crippen MR) is 129 cm³/mol. The number of aliphatic hydroxyl groups excluding tert-OH is 3. The molecule has 34 heavy (non-hydrogen) atoms. The topological polar surface area (TPSA) is 155 Å². The Balaban J connectivity index is 0.00000281. The van der Waals surface area contributed by atoms with Gasteiger partial charge in [-0.05, 0) is 37.0 Å². The number of urea groups is 1. The lowest BCUT2D eigenvalue weighted by Gasteiger charge is -2.41. The van der Waals surface area contributed by atoms with E-state index in [1.54, 1.807) is 24.3 Å². The molecule has 1 fully saturated rings. The number of nitrogens with zero attached hydrogens (tertiary/aromatic N) is 1. The molecule has 0 bridgehead atoms. The summed E-state index contributed by atoms with van der Waals surface area (Å²) in [5, 5.41) is 54.1. The molecular formula is C23H37BN3O7. The van der Waals surface area contributed by atoms with Crippen LogP contribution in [-0.4, -0.2) is 87.8 Å². The number of terminal acetylenes is 1. The first-order valence-corrected chi connectivity index (χ1v) is 11.6. The summed E-state index contributed by atoms with van der Waals surface area (Å²) in [6, 6.07) is 6.64. The largest absolute Gasteiger partial charge is 0.439 e. The summed E-state index contributed by atoms with van der Waals surface area (Å²) in [6.45, 7) is 4.50. The number of ether oxygens (including phenoxy) is 1. The quantitative estimate of drug-likeness (QED) is 0.106. The lowest BCUT2D eigenvalue weighted by atomic mass is 9.90. The molecule has 0 saturated carbocycles. The van der Waals surface area contributed by atoms with Crippen molar-refractivity contribution in [2.24, 2.45) is 0 Å². The third-order valence-corrected chi connectivity index (χ3v) is 5.27.